The molecule has 0 bridgehead atoms. The molecule has 0 aromatic rings. The summed E-state index contributed by atoms with van der Waals surface area (Å²) in [4.78, 5) is 2.37. The molecule has 1 unspecified atom stereocenters. The number of hydrogen-bond donors (Lipinski definition) is 1. The zero-order valence-electron chi connectivity index (χ0n) is 8.53. The van der Waals surface area contributed by atoms with E-state index < -0.39 is 0 Å². The highest BCUT2D eigenvalue weighted by molar-refractivity contribution is 4.88. The van der Waals surface area contributed by atoms with Crippen LogP contribution in [0.4, 0.5) is 0 Å². The Labute approximate surface area is 80.0 Å². The van der Waals surface area contributed by atoms with E-state index >= 15 is 0 Å². The summed E-state index contributed by atoms with van der Waals surface area (Å²) < 4.78 is 10.3. The minimum absolute atomic E-state index is 0.372. The second-order valence-electron chi connectivity index (χ2n) is 3.48. The molecule has 1 aliphatic rings. The maximum absolute atomic E-state index is 5.63. The molecule has 2 N–H and O–H groups in total. The van der Waals surface area contributed by atoms with Crippen LogP contribution in [0, 0.1) is 0 Å². The Morgan fingerprint density at radius 1 is 1.38 bits per heavy atom. The van der Waals surface area contributed by atoms with Crippen molar-refractivity contribution in [3.63, 3.8) is 0 Å². The van der Waals surface area contributed by atoms with E-state index in [1.54, 1.807) is 14.2 Å². The quantitative estimate of drug-likeness (QED) is 0.620. The van der Waals surface area contributed by atoms with Crippen molar-refractivity contribution < 1.29 is 9.47 Å². The van der Waals surface area contributed by atoms with Crippen molar-refractivity contribution in [1.29, 1.82) is 0 Å². The Morgan fingerprint density at radius 3 is 2.31 bits per heavy atom. The summed E-state index contributed by atoms with van der Waals surface area (Å²) in [6, 6.07) is 0.910. The van der Waals surface area contributed by atoms with Gasteiger partial charge >= 0.3 is 0 Å². The van der Waals surface area contributed by atoms with E-state index in [2.05, 4.69) is 4.90 Å². The van der Waals surface area contributed by atoms with Gasteiger partial charge in [0.05, 0.1) is 19.3 Å². The minimum Gasteiger partial charge on any atom is -0.383 e. The molecule has 1 fully saturated rings. The highest BCUT2D eigenvalue weighted by Crippen LogP contribution is 2.19. The van der Waals surface area contributed by atoms with E-state index in [4.69, 9.17) is 15.2 Å². The van der Waals surface area contributed by atoms with E-state index in [9.17, 15) is 0 Å². The fourth-order valence-electron chi connectivity index (χ4n) is 1.82. The maximum Gasteiger partial charge on any atom is 0.0640 e. The average Bonchev–Trinajstić information content (AvgIpc) is 2.04. The standard InChI is InChI=1S/C9H20N2O2/c1-12-6-9(7-13-2)11-4-3-8(11)5-10/h8-9H,3-7,10H2,1-2H3. The van der Waals surface area contributed by atoms with Crippen molar-refractivity contribution in [1.82, 2.24) is 4.90 Å². The van der Waals surface area contributed by atoms with Gasteiger partial charge in [-0.05, 0) is 6.42 Å². The van der Waals surface area contributed by atoms with Crippen LogP contribution < -0.4 is 5.73 Å². The molecule has 1 heterocycles. The third-order valence-electron chi connectivity index (χ3n) is 2.65. The van der Waals surface area contributed by atoms with Gasteiger partial charge < -0.3 is 15.2 Å². The van der Waals surface area contributed by atoms with Crippen molar-refractivity contribution >= 4 is 0 Å². The van der Waals surface area contributed by atoms with Crippen molar-refractivity contribution in [3.8, 4) is 0 Å². The second kappa shape index (κ2) is 5.54. The normalized spacial score (nSPS) is 23.5. The summed E-state index contributed by atoms with van der Waals surface area (Å²) in [5.41, 5.74) is 5.63. The first-order chi connectivity index (χ1) is 6.33. The monoisotopic (exact) mass is 188 g/mol. The number of ether oxygens (including phenoxy) is 2. The van der Waals surface area contributed by atoms with Gasteiger partial charge in [-0.3, -0.25) is 4.90 Å². The molecule has 1 atom stereocenters. The molecule has 4 heteroatoms. The average molecular weight is 188 g/mol. The Kier molecular flexibility index (Phi) is 4.66. The van der Waals surface area contributed by atoms with Crippen molar-refractivity contribution in [2.75, 3.05) is 40.5 Å². The van der Waals surface area contributed by atoms with Crippen LogP contribution in [-0.2, 0) is 9.47 Å². The largest absolute Gasteiger partial charge is 0.383 e. The third-order valence-corrected chi connectivity index (χ3v) is 2.65. The third kappa shape index (κ3) is 2.64. The van der Waals surface area contributed by atoms with Gasteiger partial charge in [-0.25, -0.2) is 0 Å². The lowest BCUT2D eigenvalue weighted by Crippen LogP contribution is -2.58. The van der Waals surface area contributed by atoms with Crippen LogP contribution in [-0.4, -0.2) is 57.5 Å². The van der Waals surface area contributed by atoms with E-state index in [-0.39, 0.29) is 0 Å². The van der Waals surface area contributed by atoms with Crippen LogP contribution in [0.2, 0.25) is 0 Å². The smallest absolute Gasteiger partial charge is 0.0640 e. The van der Waals surface area contributed by atoms with Crippen LogP contribution in [0.5, 0.6) is 0 Å². The highest BCUT2D eigenvalue weighted by atomic mass is 16.5. The predicted molar refractivity (Wildman–Crippen MR) is 51.7 cm³/mol. The molecule has 0 aliphatic carbocycles. The molecule has 4 nitrogen and oxygen atoms in total. The van der Waals surface area contributed by atoms with Crippen LogP contribution in [0.1, 0.15) is 6.42 Å². The fraction of sp³-hybridized carbons (Fsp3) is 1.00. The number of rotatable bonds is 6. The molecule has 0 amide bonds. The van der Waals surface area contributed by atoms with Crippen LogP contribution in [0.15, 0.2) is 0 Å². The Morgan fingerprint density at radius 2 is 2.00 bits per heavy atom. The summed E-state index contributed by atoms with van der Waals surface area (Å²) in [7, 11) is 3.44. The number of likely N-dealkylation sites (tertiary alicyclic amines) is 1. The Hall–Kier alpha value is -0.160. The minimum atomic E-state index is 0.372. The molecule has 0 aromatic carbocycles. The van der Waals surface area contributed by atoms with E-state index in [0.717, 1.165) is 26.3 Å². The number of nitrogens with zero attached hydrogens (tertiary/aromatic N) is 1. The Balaban J connectivity index is 2.34. The molecule has 13 heavy (non-hydrogen) atoms. The molecule has 78 valence electrons. The van der Waals surface area contributed by atoms with Gasteiger partial charge in [-0.2, -0.15) is 0 Å². The predicted octanol–water partition coefficient (Wildman–Crippen LogP) is -0.319. The molecule has 1 aliphatic heterocycles. The van der Waals surface area contributed by atoms with Crippen LogP contribution in [0.3, 0.4) is 0 Å². The van der Waals surface area contributed by atoms with E-state index in [1.165, 1.54) is 6.42 Å². The van der Waals surface area contributed by atoms with E-state index in [0.29, 0.717) is 12.1 Å². The first kappa shape index (κ1) is 10.9. The van der Waals surface area contributed by atoms with Gasteiger partial charge in [-0.1, -0.05) is 0 Å². The van der Waals surface area contributed by atoms with Crippen LogP contribution in [0.25, 0.3) is 0 Å². The lowest BCUT2D eigenvalue weighted by molar-refractivity contribution is -0.0271. The van der Waals surface area contributed by atoms with Gasteiger partial charge in [0.25, 0.3) is 0 Å². The first-order valence-corrected chi connectivity index (χ1v) is 4.77. The van der Waals surface area contributed by atoms with Gasteiger partial charge in [0.15, 0.2) is 0 Å². The van der Waals surface area contributed by atoms with Crippen molar-refractivity contribution in [2.45, 2.75) is 18.5 Å². The van der Waals surface area contributed by atoms with Crippen LogP contribution >= 0.6 is 0 Å². The molecule has 0 radical (unpaired) electrons. The molecule has 0 saturated carbocycles. The molecule has 1 saturated heterocycles. The highest BCUT2D eigenvalue weighted by Gasteiger charge is 2.32. The van der Waals surface area contributed by atoms with E-state index in [1.807, 2.05) is 0 Å². The summed E-state index contributed by atoms with van der Waals surface area (Å²) in [6.07, 6.45) is 1.21. The number of nitrogens with two attached hydrogens (primary N) is 1. The van der Waals surface area contributed by atoms with Crippen molar-refractivity contribution in [2.24, 2.45) is 5.73 Å². The van der Waals surface area contributed by atoms with Gasteiger partial charge in [0.2, 0.25) is 0 Å². The maximum atomic E-state index is 5.63. The zero-order valence-corrected chi connectivity index (χ0v) is 8.53. The fourth-order valence-corrected chi connectivity index (χ4v) is 1.82. The van der Waals surface area contributed by atoms with Crippen molar-refractivity contribution in [3.05, 3.63) is 0 Å². The zero-order chi connectivity index (χ0) is 9.68. The van der Waals surface area contributed by atoms with Gasteiger partial charge in [0, 0.05) is 33.4 Å². The van der Waals surface area contributed by atoms with Gasteiger partial charge in [0.1, 0.15) is 0 Å². The SMILES string of the molecule is COCC(COC)N1CCC1CN. The molecule has 0 aromatic heterocycles. The molecule has 1 rings (SSSR count). The first-order valence-electron chi connectivity index (χ1n) is 4.77. The van der Waals surface area contributed by atoms with Gasteiger partial charge in [-0.15, -0.1) is 0 Å². The second-order valence-corrected chi connectivity index (χ2v) is 3.48. The molecule has 0 spiro atoms. The summed E-state index contributed by atoms with van der Waals surface area (Å²) >= 11 is 0. The molecular formula is C9H20N2O2. The number of hydrogen-bond acceptors (Lipinski definition) is 4. The molecular weight excluding hydrogens is 168 g/mol. The summed E-state index contributed by atoms with van der Waals surface area (Å²) in [5, 5.41) is 0. The summed E-state index contributed by atoms with van der Waals surface area (Å²) in [5.74, 6) is 0. The Bertz CT molecular complexity index is 136. The number of methoxy groups -OCH3 is 2. The summed E-state index contributed by atoms with van der Waals surface area (Å²) in [6.45, 7) is 3.32. The lowest BCUT2D eigenvalue weighted by atomic mass is 10.0. The topological polar surface area (TPSA) is 47.7 Å². The lowest BCUT2D eigenvalue weighted by Gasteiger charge is -2.45.